The zero-order valence-electron chi connectivity index (χ0n) is 11.2. The molecular formula is C14H24N2O2. The topological polar surface area (TPSA) is 55.6 Å². The number of allylic oxidation sites excluding steroid dienone is 3. The van der Waals surface area contributed by atoms with E-state index in [0.29, 0.717) is 12.6 Å². The van der Waals surface area contributed by atoms with E-state index in [1.54, 1.807) is 12.2 Å². The van der Waals surface area contributed by atoms with E-state index in [1.165, 1.54) is 0 Å². The van der Waals surface area contributed by atoms with Crippen LogP contribution in [-0.4, -0.2) is 43.2 Å². The molecule has 1 aliphatic rings. The molecule has 0 aliphatic carbocycles. The maximum absolute atomic E-state index is 11.8. The number of piperidine rings is 1. The summed E-state index contributed by atoms with van der Waals surface area (Å²) in [5.41, 5.74) is 5.42. The second kappa shape index (κ2) is 8.89. The number of ether oxygens (including phenoxy) is 1. The van der Waals surface area contributed by atoms with Crippen LogP contribution < -0.4 is 5.73 Å². The number of amides is 1. The molecule has 0 spiro atoms. The number of nitrogens with two attached hydrogens (primary N) is 1. The van der Waals surface area contributed by atoms with E-state index in [9.17, 15) is 4.79 Å². The fourth-order valence-corrected chi connectivity index (χ4v) is 1.93. The van der Waals surface area contributed by atoms with Crippen LogP contribution in [0.15, 0.2) is 24.3 Å². The van der Waals surface area contributed by atoms with Crippen molar-refractivity contribution >= 4 is 5.91 Å². The quantitative estimate of drug-likeness (QED) is 0.442. The Balaban J connectivity index is 2.24. The minimum Gasteiger partial charge on any atom is -0.378 e. The van der Waals surface area contributed by atoms with Crippen molar-refractivity contribution < 1.29 is 9.53 Å². The Morgan fingerprint density at radius 2 is 2.11 bits per heavy atom. The number of hydrogen-bond acceptors (Lipinski definition) is 3. The first-order valence-corrected chi connectivity index (χ1v) is 6.68. The zero-order valence-corrected chi connectivity index (χ0v) is 11.2. The Labute approximate surface area is 109 Å². The molecule has 0 aromatic heterocycles. The maximum atomic E-state index is 11.8. The van der Waals surface area contributed by atoms with Crippen molar-refractivity contribution in [2.24, 2.45) is 5.73 Å². The van der Waals surface area contributed by atoms with E-state index in [2.05, 4.69) is 0 Å². The van der Waals surface area contributed by atoms with E-state index in [1.807, 2.05) is 24.0 Å². The van der Waals surface area contributed by atoms with E-state index >= 15 is 0 Å². The summed E-state index contributed by atoms with van der Waals surface area (Å²) in [4.78, 5) is 13.7. The molecular weight excluding hydrogens is 228 g/mol. The van der Waals surface area contributed by atoms with Gasteiger partial charge in [-0.2, -0.15) is 0 Å². The molecule has 0 aromatic rings. The summed E-state index contributed by atoms with van der Waals surface area (Å²) in [5.74, 6) is 0.0912. The fraction of sp³-hybridized carbons (Fsp3) is 0.643. The second-order valence-electron chi connectivity index (χ2n) is 4.42. The molecule has 0 unspecified atom stereocenters. The van der Waals surface area contributed by atoms with Crippen molar-refractivity contribution in [1.82, 2.24) is 4.90 Å². The molecule has 1 saturated heterocycles. The van der Waals surface area contributed by atoms with Gasteiger partial charge >= 0.3 is 0 Å². The molecule has 4 heteroatoms. The SMILES string of the molecule is CC=CC=CC(=O)N1CCC(OCCCN)CC1. The first-order chi connectivity index (χ1) is 8.77. The van der Waals surface area contributed by atoms with E-state index in [4.69, 9.17) is 10.5 Å². The van der Waals surface area contributed by atoms with Crippen molar-refractivity contribution in [3.05, 3.63) is 24.3 Å². The van der Waals surface area contributed by atoms with Crippen molar-refractivity contribution in [2.75, 3.05) is 26.2 Å². The molecule has 2 N–H and O–H groups in total. The van der Waals surface area contributed by atoms with Crippen LogP contribution in [0.3, 0.4) is 0 Å². The third-order valence-electron chi connectivity index (χ3n) is 3.00. The highest BCUT2D eigenvalue weighted by molar-refractivity contribution is 5.87. The third-order valence-corrected chi connectivity index (χ3v) is 3.00. The summed E-state index contributed by atoms with van der Waals surface area (Å²) in [7, 11) is 0. The molecule has 0 aromatic carbocycles. The molecule has 102 valence electrons. The van der Waals surface area contributed by atoms with Crippen LogP contribution in [-0.2, 0) is 9.53 Å². The number of likely N-dealkylation sites (tertiary alicyclic amines) is 1. The van der Waals surface area contributed by atoms with Gasteiger partial charge in [0.1, 0.15) is 0 Å². The van der Waals surface area contributed by atoms with Crippen molar-refractivity contribution in [1.29, 1.82) is 0 Å². The van der Waals surface area contributed by atoms with E-state index < -0.39 is 0 Å². The molecule has 0 radical (unpaired) electrons. The molecule has 1 amide bonds. The number of hydrogen-bond donors (Lipinski definition) is 1. The maximum Gasteiger partial charge on any atom is 0.246 e. The number of carbonyl (C=O) groups excluding carboxylic acids is 1. The van der Waals surface area contributed by atoms with Gasteiger partial charge in [-0.1, -0.05) is 18.2 Å². The van der Waals surface area contributed by atoms with Crippen molar-refractivity contribution in [3.63, 3.8) is 0 Å². The van der Waals surface area contributed by atoms with Gasteiger partial charge in [-0.25, -0.2) is 0 Å². The van der Waals surface area contributed by atoms with Gasteiger partial charge in [-0.3, -0.25) is 4.79 Å². The van der Waals surface area contributed by atoms with Gasteiger partial charge in [0.25, 0.3) is 0 Å². The highest BCUT2D eigenvalue weighted by Crippen LogP contribution is 2.14. The minimum absolute atomic E-state index is 0.0912. The molecule has 1 rings (SSSR count). The number of nitrogens with zero attached hydrogens (tertiary/aromatic N) is 1. The molecule has 1 fully saturated rings. The molecule has 0 bridgehead atoms. The Morgan fingerprint density at radius 1 is 1.39 bits per heavy atom. The molecule has 0 atom stereocenters. The first kappa shape index (κ1) is 14.9. The molecule has 0 saturated carbocycles. The lowest BCUT2D eigenvalue weighted by molar-refractivity contribution is -0.128. The summed E-state index contributed by atoms with van der Waals surface area (Å²) in [6, 6.07) is 0. The Morgan fingerprint density at radius 3 is 2.72 bits per heavy atom. The summed E-state index contributed by atoms with van der Waals surface area (Å²) in [6.45, 7) is 4.90. The molecule has 1 heterocycles. The normalized spacial score (nSPS) is 18.0. The van der Waals surface area contributed by atoms with Crippen LogP contribution in [0.25, 0.3) is 0 Å². The minimum atomic E-state index is 0.0912. The highest BCUT2D eigenvalue weighted by Gasteiger charge is 2.21. The van der Waals surface area contributed by atoms with Gasteiger partial charge in [0.05, 0.1) is 6.10 Å². The van der Waals surface area contributed by atoms with Gasteiger partial charge in [-0.15, -0.1) is 0 Å². The largest absolute Gasteiger partial charge is 0.378 e. The van der Waals surface area contributed by atoms with Crippen LogP contribution >= 0.6 is 0 Å². The first-order valence-electron chi connectivity index (χ1n) is 6.68. The van der Waals surface area contributed by atoms with Crippen LogP contribution in [0.5, 0.6) is 0 Å². The van der Waals surface area contributed by atoms with E-state index in [-0.39, 0.29) is 5.91 Å². The average Bonchev–Trinajstić information content (AvgIpc) is 2.40. The zero-order chi connectivity index (χ0) is 13.2. The average molecular weight is 252 g/mol. The lowest BCUT2D eigenvalue weighted by Gasteiger charge is -2.31. The van der Waals surface area contributed by atoms with Gasteiger partial charge in [0, 0.05) is 25.8 Å². The summed E-state index contributed by atoms with van der Waals surface area (Å²) >= 11 is 0. The van der Waals surface area contributed by atoms with Gasteiger partial charge in [-0.05, 0) is 32.7 Å². The monoisotopic (exact) mass is 252 g/mol. The number of rotatable bonds is 6. The standard InChI is InChI=1S/C14H24N2O2/c1-2-3-4-6-14(17)16-10-7-13(8-11-16)18-12-5-9-15/h2-4,6,13H,5,7-12,15H2,1H3. The second-order valence-corrected chi connectivity index (χ2v) is 4.42. The molecule has 4 nitrogen and oxygen atoms in total. The Hall–Kier alpha value is -1.13. The predicted molar refractivity (Wildman–Crippen MR) is 73.2 cm³/mol. The smallest absolute Gasteiger partial charge is 0.246 e. The van der Waals surface area contributed by atoms with Crippen LogP contribution in [0.4, 0.5) is 0 Å². The molecule has 18 heavy (non-hydrogen) atoms. The van der Waals surface area contributed by atoms with Gasteiger partial charge in [0.2, 0.25) is 5.91 Å². The van der Waals surface area contributed by atoms with Crippen molar-refractivity contribution in [3.8, 4) is 0 Å². The van der Waals surface area contributed by atoms with Crippen LogP contribution in [0.2, 0.25) is 0 Å². The summed E-state index contributed by atoms with van der Waals surface area (Å²) in [5, 5.41) is 0. The van der Waals surface area contributed by atoms with Gasteiger partial charge < -0.3 is 15.4 Å². The highest BCUT2D eigenvalue weighted by atomic mass is 16.5. The third kappa shape index (κ3) is 5.47. The Kier molecular flexibility index (Phi) is 7.37. The van der Waals surface area contributed by atoms with E-state index in [0.717, 1.165) is 39.0 Å². The Bertz CT molecular complexity index is 292. The van der Waals surface area contributed by atoms with Crippen LogP contribution in [0.1, 0.15) is 26.2 Å². The fourth-order valence-electron chi connectivity index (χ4n) is 1.93. The number of carbonyl (C=O) groups is 1. The van der Waals surface area contributed by atoms with Crippen molar-refractivity contribution in [2.45, 2.75) is 32.3 Å². The van der Waals surface area contributed by atoms with Gasteiger partial charge in [0.15, 0.2) is 0 Å². The summed E-state index contributed by atoms with van der Waals surface area (Å²) < 4.78 is 5.70. The van der Waals surface area contributed by atoms with Crippen LogP contribution in [0, 0.1) is 0 Å². The summed E-state index contributed by atoms with van der Waals surface area (Å²) in [6.07, 6.45) is 10.2. The lowest BCUT2D eigenvalue weighted by atomic mass is 10.1. The lowest BCUT2D eigenvalue weighted by Crippen LogP contribution is -2.40. The molecule has 1 aliphatic heterocycles. The predicted octanol–water partition coefficient (Wildman–Crippen LogP) is 1.48.